The average Bonchev–Trinajstić information content (AvgIpc) is 2.60. The molecular weight excluding hydrogens is 300 g/mol. The summed E-state index contributed by atoms with van der Waals surface area (Å²) in [4.78, 5) is 13.6. The molecule has 0 aromatic heterocycles. The van der Waals surface area contributed by atoms with Gasteiger partial charge in [0.25, 0.3) is 0 Å². The largest absolute Gasteiger partial charge is 0.289 e. The lowest BCUT2D eigenvalue weighted by atomic mass is 9.96. The monoisotopic (exact) mass is 324 g/mol. The van der Waals surface area contributed by atoms with Crippen molar-refractivity contribution in [2.45, 2.75) is 38.5 Å². The minimum atomic E-state index is 0.0574. The lowest BCUT2D eigenvalue weighted by molar-refractivity contribution is 0.104. The van der Waals surface area contributed by atoms with Crippen LogP contribution in [-0.2, 0) is 12.8 Å². The highest BCUT2D eigenvalue weighted by atomic mass is 32.2. The molecule has 0 aliphatic heterocycles. The molecule has 0 atom stereocenters. The van der Waals surface area contributed by atoms with Crippen LogP contribution in [0.4, 0.5) is 0 Å². The molecule has 0 radical (unpaired) electrons. The predicted molar refractivity (Wildman–Crippen MR) is 101 cm³/mol. The summed E-state index contributed by atoms with van der Waals surface area (Å²) in [5.74, 6) is 1.10. The lowest BCUT2D eigenvalue weighted by Gasteiger charge is -2.09. The van der Waals surface area contributed by atoms with Crippen LogP contribution in [0.15, 0.2) is 53.4 Å². The fourth-order valence-electron chi connectivity index (χ4n) is 2.72. The first-order valence-electron chi connectivity index (χ1n) is 8.25. The van der Waals surface area contributed by atoms with E-state index in [9.17, 15) is 4.79 Å². The van der Waals surface area contributed by atoms with Crippen LogP contribution in [0.2, 0.25) is 0 Å². The summed E-state index contributed by atoms with van der Waals surface area (Å²) in [5.41, 5.74) is 4.60. The van der Waals surface area contributed by atoms with Crippen molar-refractivity contribution in [1.82, 2.24) is 0 Å². The quantitative estimate of drug-likeness (QED) is 0.363. The molecule has 23 heavy (non-hydrogen) atoms. The van der Waals surface area contributed by atoms with Gasteiger partial charge in [-0.05, 0) is 65.6 Å². The number of hydrogen-bond acceptors (Lipinski definition) is 2. The third-order valence-corrected chi connectivity index (χ3v) is 4.80. The zero-order valence-corrected chi connectivity index (χ0v) is 15.0. The Morgan fingerprint density at radius 1 is 1.00 bits per heavy atom. The van der Waals surface area contributed by atoms with Gasteiger partial charge in [-0.25, -0.2) is 0 Å². The maximum absolute atomic E-state index is 12.3. The van der Waals surface area contributed by atoms with Crippen molar-refractivity contribution in [2.24, 2.45) is 0 Å². The van der Waals surface area contributed by atoms with Crippen LogP contribution in [-0.4, -0.2) is 11.5 Å². The van der Waals surface area contributed by atoms with Crippen LogP contribution >= 0.6 is 11.8 Å². The van der Waals surface area contributed by atoms with Gasteiger partial charge in [0.15, 0.2) is 5.78 Å². The minimum absolute atomic E-state index is 0.0574. The molecule has 0 saturated heterocycles. The molecule has 1 nitrogen and oxygen atoms in total. The fraction of sp³-hybridized carbons (Fsp3) is 0.286. The normalized spacial score (nSPS) is 11.1. The van der Waals surface area contributed by atoms with E-state index in [0.717, 1.165) is 29.7 Å². The molecule has 2 heteroatoms. The second kappa shape index (κ2) is 8.73. The highest BCUT2D eigenvalue weighted by Crippen LogP contribution is 2.20. The van der Waals surface area contributed by atoms with E-state index in [-0.39, 0.29) is 5.78 Å². The topological polar surface area (TPSA) is 17.1 Å². The molecule has 0 unspecified atom stereocenters. The van der Waals surface area contributed by atoms with Gasteiger partial charge in [0, 0.05) is 10.5 Å². The van der Waals surface area contributed by atoms with Gasteiger partial charge >= 0.3 is 0 Å². The molecule has 0 bridgehead atoms. The molecule has 0 aliphatic carbocycles. The van der Waals surface area contributed by atoms with E-state index < -0.39 is 0 Å². The number of aryl methyl sites for hydroxylation is 1. The average molecular weight is 324 g/mol. The van der Waals surface area contributed by atoms with Gasteiger partial charge in [-0.1, -0.05) is 45.0 Å². The Balaban J connectivity index is 2.18. The Bertz CT molecular complexity index is 683. The molecule has 2 aromatic carbocycles. The number of benzene rings is 2. The Morgan fingerprint density at radius 3 is 2.35 bits per heavy atom. The molecule has 2 aromatic rings. The molecule has 120 valence electrons. The number of hydrogen-bond donors (Lipinski definition) is 0. The van der Waals surface area contributed by atoms with Crippen LogP contribution in [0.1, 0.15) is 47.8 Å². The van der Waals surface area contributed by atoms with Crippen molar-refractivity contribution < 1.29 is 4.79 Å². The highest BCUT2D eigenvalue weighted by Gasteiger charge is 2.05. The van der Waals surface area contributed by atoms with Gasteiger partial charge in [0.2, 0.25) is 0 Å². The number of carbonyl (C=O) groups excluding carboxylic acids is 1. The van der Waals surface area contributed by atoms with Crippen LogP contribution in [0.25, 0.3) is 6.08 Å². The third kappa shape index (κ3) is 4.59. The molecule has 2 rings (SSSR count). The van der Waals surface area contributed by atoms with E-state index in [1.165, 1.54) is 16.0 Å². The van der Waals surface area contributed by atoms with E-state index in [1.54, 1.807) is 17.8 Å². The summed E-state index contributed by atoms with van der Waals surface area (Å²) in [6.07, 6.45) is 5.65. The van der Waals surface area contributed by atoms with Gasteiger partial charge in [-0.3, -0.25) is 4.79 Å². The molecule has 0 spiro atoms. The predicted octanol–water partition coefficient (Wildman–Crippen LogP) is 5.82. The highest BCUT2D eigenvalue weighted by molar-refractivity contribution is 7.99. The molecule has 0 heterocycles. The van der Waals surface area contributed by atoms with Crippen molar-refractivity contribution in [3.63, 3.8) is 0 Å². The Morgan fingerprint density at radius 2 is 1.74 bits per heavy atom. The Kier molecular flexibility index (Phi) is 6.66. The smallest absolute Gasteiger partial charge is 0.185 e. The Hall–Kier alpha value is -1.80. The van der Waals surface area contributed by atoms with Gasteiger partial charge in [-0.2, -0.15) is 0 Å². The molecule has 0 fully saturated rings. The van der Waals surface area contributed by atoms with E-state index in [2.05, 4.69) is 39.0 Å². The van der Waals surface area contributed by atoms with Crippen molar-refractivity contribution >= 4 is 23.6 Å². The van der Waals surface area contributed by atoms with E-state index in [4.69, 9.17) is 0 Å². The van der Waals surface area contributed by atoms with Gasteiger partial charge in [-0.15, -0.1) is 11.8 Å². The van der Waals surface area contributed by atoms with E-state index in [1.807, 2.05) is 30.3 Å². The van der Waals surface area contributed by atoms with Crippen LogP contribution < -0.4 is 0 Å². The summed E-state index contributed by atoms with van der Waals surface area (Å²) in [6, 6.07) is 14.2. The van der Waals surface area contributed by atoms with Gasteiger partial charge < -0.3 is 0 Å². The van der Waals surface area contributed by atoms with E-state index in [0.29, 0.717) is 0 Å². The number of thioether (sulfide) groups is 1. The SMILES string of the molecule is CCSc1ccc(C(=O)/C=C/c2cccc(CC)c2CC)cc1. The first kappa shape index (κ1) is 17.6. The fourth-order valence-corrected chi connectivity index (χ4v) is 3.38. The standard InChI is InChI=1S/C21H24OS/c1-4-16-8-7-9-17(20(16)5-2)12-15-21(22)18-10-13-19(14-11-18)23-6-3/h7-15H,4-6H2,1-3H3/b15-12+. The molecule has 0 aliphatic rings. The number of allylic oxidation sites excluding steroid dienone is 1. The second-order valence-electron chi connectivity index (χ2n) is 5.35. The summed E-state index contributed by atoms with van der Waals surface area (Å²) in [5, 5.41) is 0. The van der Waals surface area contributed by atoms with Gasteiger partial charge in [0.1, 0.15) is 0 Å². The molecule has 0 saturated carbocycles. The third-order valence-electron chi connectivity index (χ3n) is 3.91. The zero-order valence-electron chi connectivity index (χ0n) is 14.1. The van der Waals surface area contributed by atoms with Crippen molar-refractivity contribution in [2.75, 3.05) is 5.75 Å². The number of rotatable bonds is 7. The lowest BCUT2D eigenvalue weighted by Crippen LogP contribution is -1.96. The zero-order chi connectivity index (χ0) is 16.7. The summed E-state index contributed by atoms with van der Waals surface area (Å²) < 4.78 is 0. The number of carbonyl (C=O) groups is 1. The van der Waals surface area contributed by atoms with Gasteiger partial charge in [0.05, 0.1) is 0 Å². The molecular formula is C21H24OS. The first-order chi connectivity index (χ1) is 11.2. The summed E-state index contributed by atoms with van der Waals surface area (Å²) in [7, 11) is 0. The summed E-state index contributed by atoms with van der Waals surface area (Å²) in [6.45, 7) is 6.46. The van der Waals surface area contributed by atoms with Crippen molar-refractivity contribution in [3.8, 4) is 0 Å². The maximum atomic E-state index is 12.3. The van der Waals surface area contributed by atoms with Crippen molar-refractivity contribution in [3.05, 3.63) is 70.8 Å². The molecule has 0 amide bonds. The van der Waals surface area contributed by atoms with Crippen LogP contribution in [0.5, 0.6) is 0 Å². The van der Waals surface area contributed by atoms with Crippen LogP contribution in [0, 0.1) is 0 Å². The second-order valence-corrected chi connectivity index (χ2v) is 6.68. The number of ketones is 1. The van der Waals surface area contributed by atoms with Crippen LogP contribution in [0.3, 0.4) is 0 Å². The Labute approximate surface area is 143 Å². The van der Waals surface area contributed by atoms with Crippen molar-refractivity contribution in [1.29, 1.82) is 0 Å². The minimum Gasteiger partial charge on any atom is -0.289 e. The maximum Gasteiger partial charge on any atom is 0.185 e. The summed E-state index contributed by atoms with van der Waals surface area (Å²) >= 11 is 1.79. The first-order valence-corrected chi connectivity index (χ1v) is 9.24. The molecule has 0 N–H and O–H groups in total. The van der Waals surface area contributed by atoms with E-state index >= 15 is 0 Å².